The highest BCUT2D eigenvalue weighted by Crippen LogP contribution is 2.27. The van der Waals surface area contributed by atoms with Crippen molar-refractivity contribution >= 4 is 5.71 Å². The first-order valence-corrected chi connectivity index (χ1v) is 10.0. The Kier molecular flexibility index (Phi) is 6.01. The van der Waals surface area contributed by atoms with Gasteiger partial charge in [-0.05, 0) is 43.5 Å². The third-order valence-electron chi connectivity index (χ3n) is 4.87. The zero-order valence-electron chi connectivity index (χ0n) is 16.5. The number of aromatic nitrogens is 3. The van der Waals surface area contributed by atoms with E-state index in [0.29, 0.717) is 12.5 Å². The normalized spacial score (nSPS) is 14.7. The van der Waals surface area contributed by atoms with Gasteiger partial charge in [0.15, 0.2) is 6.61 Å². The maximum Gasteiger partial charge on any atom is 0.159 e. The predicted molar refractivity (Wildman–Crippen MR) is 113 cm³/mol. The molecule has 0 aliphatic heterocycles. The molecule has 2 aromatic heterocycles. The molecule has 0 spiro atoms. The van der Waals surface area contributed by atoms with E-state index in [0.717, 1.165) is 29.0 Å². The smallest absolute Gasteiger partial charge is 0.159 e. The van der Waals surface area contributed by atoms with Crippen molar-refractivity contribution in [3.05, 3.63) is 84.2 Å². The number of hydrogen-bond acceptors (Lipinski definition) is 4. The molecule has 1 atom stereocenters. The first-order chi connectivity index (χ1) is 14.3. The second-order valence-corrected chi connectivity index (χ2v) is 7.13. The minimum atomic E-state index is 0.0321. The second kappa shape index (κ2) is 9.20. The van der Waals surface area contributed by atoms with Crippen molar-refractivity contribution < 1.29 is 4.84 Å². The lowest BCUT2D eigenvalue weighted by Gasteiger charge is -2.19. The van der Waals surface area contributed by atoms with Crippen molar-refractivity contribution in [1.82, 2.24) is 14.5 Å². The van der Waals surface area contributed by atoms with Crippen LogP contribution in [0.4, 0.5) is 0 Å². The molecule has 1 aliphatic rings. The first kappa shape index (κ1) is 18.9. The van der Waals surface area contributed by atoms with E-state index < -0.39 is 0 Å². The molecule has 1 fully saturated rings. The van der Waals surface area contributed by atoms with Crippen LogP contribution in [0.25, 0.3) is 0 Å². The van der Waals surface area contributed by atoms with Crippen molar-refractivity contribution in [2.45, 2.75) is 38.8 Å². The minimum Gasteiger partial charge on any atom is -0.389 e. The molecule has 0 amide bonds. The molecule has 0 N–H and O–H groups in total. The Hall–Kier alpha value is -3.39. The fourth-order valence-corrected chi connectivity index (χ4v) is 3.09. The minimum absolute atomic E-state index is 0.0321. The zero-order valence-corrected chi connectivity index (χ0v) is 16.5. The van der Waals surface area contributed by atoms with Gasteiger partial charge in [-0.2, -0.15) is 0 Å². The molecule has 2 heterocycles. The van der Waals surface area contributed by atoms with Crippen LogP contribution in [0.2, 0.25) is 0 Å². The van der Waals surface area contributed by atoms with Crippen LogP contribution in [-0.4, -0.2) is 20.2 Å². The van der Waals surface area contributed by atoms with Crippen LogP contribution in [0, 0.1) is 17.8 Å². The quantitative estimate of drug-likeness (QED) is 0.339. The molecule has 1 aliphatic carbocycles. The van der Waals surface area contributed by atoms with Gasteiger partial charge in [-0.3, -0.25) is 4.98 Å². The fourth-order valence-electron chi connectivity index (χ4n) is 3.09. The zero-order chi connectivity index (χ0) is 19.9. The molecular weight excluding hydrogens is 360 g/mol. The fraction of sp³-hybridized carbons (Fsp3) is 0.292. The number of oxime groups is 1. The highest BCUT2D eigenvalue weighted by Gasteiger charge is 2.19. The van der Waals surface area contributed by atoms with Gasteiger partial charge >= 0.3 is 0 Å². The van der Waals surface area contributed by atoms with E-state index in [1.165, 1.54) is 12.8 Å². The Bertz CT molecular complexity index is 995. The molecule has 5 heteroatoms. The summed E-state index contributed by atoms with van der Waals surface area (Å²) < 4.78 is 2.06. The molecule has 146 valence electrons. The summed E-state index contributed by atoms with van der Waals surface area (Å²) >= 11 is 0. The Labute approximate surface area is 171 Å². The van der Waals surface area contributed by atoms with Crippen molar-refractivity contribution in [3.63, 3.8) is 0 Å². The van der Waals surface area contributed by atoms with E-state index in [1.54, 1.807) is 12.4 Å². The van der Waals surface area contributed by atoms with E-state index in [1.807, 2.05) is 30.7 Å². The van der Waals surface area contributed by atoms with Crippen LogP contribution in [-0.2, 0) is 11.4 Å². The van der Waals surface area contributed by atoms with Crippen LogP contribution in [0.1, 0.15) is 49.0 Å². The lowest BCUT2D eigenvalue weighted by Crippen LogP contribution is -2.19. The van der Waals surface area contributed by atoms with E-state index in [2.05, 4.69) is 62.7 Å². The monoisotopic (exact) mass is 384 g/mol. The lowest BCUT2D eigenvalue weighted by atomic mass is 10.00. The molecule has 29 heavy (non-hydrogen) atoms. The molecule has 0 bridgehead atoms. The highest BCUT2D eigenvalue weighted by atomic mass is 16.6. The van der Waals surface area contributed by atoms with Crippen LogP contribution in [0.15, 0.2) is 72.5 Å². The van der Waals surface area contributed by atoms with Crippen LogP contribution >= 0.6 is 0 Å². The molecule has 5 nitrogen and oxygen atoms in total. The average Bonchev–Trinajstić information content (AvgIpc) is 3.45. The van der Waals surface area contributed by atoms with Crippen LogP contribution in [0.3, 0.4) is 0 Å². The molecule has 3 aromatic rings. The Balaban J connectivity index is 1.58. The Morgan fingerprint density at radius 1 is 1.21 bits per heavy atom. The van der Waals surface area contributed by atoms with Crippen LogP contribution in [0.5, 0.6) is 0 Å². The number of pyridine rings is 1. The highest BCUT2D eigenvalue weighted by molar-refractivity contribution is 6.03. The summed E-state index contributed by atoms with van der Waals surface area (Å²) in [4.78, 5) is 14.2. The lowest BCUT2D eigenvalue weighted by molar-refractivity contribution is 0.126. The summed E-state index contributed by atoms with van der Waals surface area (Å²) in [6.07, 6.45) is 10.6. The largest absolute Gasteiger partial charge is 0.389 e. The van der Waals surface area contributed by atoms with E-state index in [9.17, 15) is 0 Å². The number of benzene rings is 1. The summed E-state index contributed by atoms with van der Waals surface area (Å²) in [5.74, 6) is 7.16. The Morgan fingerprint density at radius 2 is 2.07 bits per heavy atom. The number of rotatable bonds is 7. The molecule has 0 radical (unpaired) electrons. The summed E-state index contributed by atoms with van der Waals surface area (Å²) in [5, 5.41) is 4.52. The summed E-state index contributed by atoms with van der Waals surface area (Å²) in [6, 6.07) is 14.0. The van der Waals surface area contributed by atoms with Crippen LogP contribution < -0.4 is 0 Å². The number of imidazole rings is 1. The molecule has 1 saturated carbocycles. The maximum absolute atomic E-state index is 5.70. The standard InChI is InChI=1S/C24H24N4O/c1-2-23(28-16-15-25-18-28)24(27-29-17-22-5-3-4-14-26-22)21-12-10-20(11-13-21)9-8-19-6-7-19/h3-5,10-16,18-19,23H,2,6-7,17H2,1H3. The van der Waals surface area contributed by atoms with Crippen molar-refractivity contribution in [3.8, 4) is 11.8 Å². The maximum atomic E-state index is 5.70. The third-order valence-corrected chi connectivity index (χ3v) is 4.87. The van der Waals surface area contributed by atoms with Gasteiger partial charge in [-0.1, -0.05) is 42.1 Å². The van der Waals surface area contributed by atoms with E-state index in [4.69, 9.17) is 4.84 Å². The Morgan fingerprint density at radius 3 is 2.72 bits per heavy atom. The van der Waals surface area contributed by atoms with Crippen molar-refractivity contribution in [2.75, 3.05) is 0 Å². The predicted octanol–water partition coefficient (Wildman–Crippen LogP) is 4.61. The molecule has 1 unspecified atom stereocenters. The molecule has 0 saturated heterocycles. The van der Waals surface area contributed by atoms with Gasteiger partial charge in [0.1, 0.15) is 5.71 Å². The second-order valence-electron chi connectivity index (χ2n) is 7.13. The van der Waals surface area contributed by atoms with E-state index in [-0.39, 0.29) is 6.04 Å². The molecular formula is C24H24N4O. The first-order valence-electron chi connectivity index (χ1n) is 10.0. The van der Waals surface area contributed by atoms with Gasteiger partial charge in [0, 0.05) is 35.6 Å². The summed E-state index contributed by atoms with van der Waals surface area (Å²) in [6.45, 7) is 2.46. The van der Waals surface area contributed by atoms with Gasteiger partial charge in [0.05, 0.1) is 18.1 Å². The third kappa shape index (κ3) is 5.11. The van der Waals surface area contributed by atoms with E-state index >= 15 is 0 Å². The number of hydrogen-bond donors (Lipinski definition) is 0. The molecule has 4 rings (SSSR count). The van der Waals surface area contributed by atoms with Crippen molar-refractivity contribution in [1.29, 1.82) is 0 Å². The molecule has 1 aromatic carbocycles. The van der Waals surface area contributed by atoms with Gasteiger partial charge in [0.25, 0.3) is 0 Å². The van der Waals surface area contributed by atoms with Gasteiger partial charge in [0.2, 0.25) is 0 Å². The van der Waals surface area contributed by atoms with Gasteiger partial charge in [-0.25, -0.2) is 4.98 Å². The average molecular weight is 384 g/mol. The number of nitrogens with zero attached hydrogens (tertiary/aromatic N) is 4. The topological polar surface area (TPSA) is 52.3 Å². The van der Waals surface area contributed by atoms with Gasteiger partial charge < -0.3 is 9.40 Å². The summed E-state index contributed by atoms with van der Waals surface area (Å²) in [5.41, 5.74) is 3.76. The van der Waals surface area contributed by atoms with Gasteiger partial charge in [-0.15, -0.1) is 0 Å². The summed E-state index contributed by atoms with van der Waals surface area (Å²) in [7, 11) is 0. The SMILES string of the molecule is CCC(C(=NOCc1ccccn1)c1ccc(C#CC2CC2)cc1)n1ccnc1. The van der Waals surface area contributed by atoms with Crippen molar-refractivity contribution in [2.24, 2.45) is 11.1 Å².